The van der Waals surface area contributed by atoms with Crippen molar-refractivity contribution >= 4 is 11.7 Å². The van der Waals surface area contributed by atoms with E-state index in [1.54, 1.807) is 31.2 Å². The minimum Gasteiger partial charge on any atom is -0.507 e. The predicted octanol–water partition coefficient (Wildman–Crippen LogP) is 3.02. The summed E-state index contributed by atoms with van der Waals surface area (Å²) in [4.78, 5) is 11.1. The van der Waals surface area contributed by atoms with E-state index in [0.717, 1.165) is 5.69 Å². The molecule has 0 unspecified atom stereocenters. The van der Waals surface area contributed by atoms with Crippen molar-refractivity contribution in [3.63, 3.8) is 0 Å². The van der Waals surface area contributed by atoms with Crippen LogP contribution in [-0.2, 0) is 6.54 Å². The van der Waals surface area contributed by atoms with E-state index >= 15 is 0 Å². The lowest BCUT2D eigenvalue weighted by Crippen LogP contribution is -2.06. The fraction of sp³-hybridized carbons (Fsp3) is 0.188. The second-order valence-electron chi connectivity index (χ2n) is 4.63. The van der Waals surface area contributed by atoms with Gasteiger partial charge in [-0.05, 0) is 36.8 Å². The SMILES string of the molecule is COc1ccc(CNc2cccc(C(=O)O)c2C)c(O)c1. The maximum absolute atomic E-state index is 11.1. The van der Waals surface area contributed by atoms with Crippen LogP contribution in [0.5, 0.6) is 11.5 Å². The predicted molar refractivity (Wildman–Crippen MR) is 80.1 cm³/mol. The summed E-state index contributed by atoms with van der Waals surface area (Å²) in [5, 5.41) is 22.1. The van der Waals surface area contributed by atoms with Crippen molar-refractivity contribution in [1.29, 1.82) is 0 Å². The van der Waals surface area contributed by atoms with Crippen molar-refractivity contribution in [2.45, 2.75) is 13.5 Å². The largest absolute Gasteiger partial charge is 0.507 e. The Kier molecular flexibility index (Phi) is 4.33. The van der Waals surface area contributed by atoms with Crippen molar-refractivity contribution in [1.82, 2.24) is 0 Å². The Bertz CT molecular complexity index is 667. The molecule has 0 fully saturated rings. The topological polar surface area (TPSA) is 78.8 Å². The van der Waals surface area contributed by atoms with Gasteiger partial charge in [-0.3, -0.25) is 0 Å². The average Bonchev–Trinajstić information content (AvgIpc) is 2.46. The Morgan fingerprint density at radius 2 is 2.05 bits per heavy atom. The van der Waals surface area contributed by atoms with Crippen molar-refractivity contribution in [2.75, 3.05) is 12.4 Å². The number of carboxylic acid groups (broad SMARTS) is 1. The summed E-state index contributed by atoms with van der Waals surface area (Å²) in [5.74, 6) is -0.238. The number of ether oxygens (including phenoxy) is 1. The molecular formula is C16H17NO4. The molecule has 0 amide bonds. The van der Waals surface area contributed by atoms with Gasteiger partial charge in [0.15, 0.2) is 0 Å². The fourth-order valence-corrected chi connectivity index (χ4v) is 2.07. The van der Waals surface area contributed by atoms with Crippen LogP contribution < -0.4 is 10.1 Å². The zero-order valence-corrected chi connectivity index (χ0v) is 11.9. The number of phenols is 1. The van der Waals surface area contributed by atoms with Gasteiger partial charge in [-0.1, -0.05) is 6.07 Å². The standard InChI is InChI=1S/C16H17NO4/c1-10-13(16(19)20)4-3-5-14(10)17-9-11-6-7-12(21-2)8-15(11)18/h3-8,17-18H,9H2,1-2H3,(H,19,20). The molecule has 3 N–H and O–H groups in total. The van der Waals surface area contributed by atoms with Gasteiger partial charge in [0.1, 0.15) is 11.5 Å². The maximum atomic E-state index is 11.1. The van der Waals surface area contributed by atoms with Gasteiger partial charge >= 0.3 is 5.97 Å². The number of aromatic hydroxyl groups is 1. The molecule has 0 heterocycles. The quantitative estimate of drug-likeness (QED) is 0.787. The van der Waals surface area contributed by atoms with Crippen LogP contribution in [0.2, 0.25) is 0 Å². The molecule has 0 bridgehead atoms. The molecule has 0 atom stereocenters. The molecule has 0 aliphatic rings. The normalized spacial score (nSPS) is 10.2. The number of carbonyl (C=O) groups is 1. The fourth-order valence-electron chi connectivity index (χ4n) is 2.07. The van der Waals surface area contributed by atoms with Gasteiger partial charge < -0.3 is 20.3 Å². The van der Waals surface area contributed by atoms with Crippen LogP contribution in [0.1, 0.15) is 21.5 Å². The molecular weight excluding hydrogens is 270 g/mol. The van der Waals surface area contributed by atoms with Crippen LogP contribution in [0.25, 0.3) is 0 Å². The highest BCUT2D eigenvalue weighted by Crippen LogP contribution is 2.25. The number of anilines is 1. The Balaban J connectivity index is 2.17. The third-order valence-electron chi connectivity index (χ3n) is 3.33. The van der Waals surface area contributed by atoms with Crippen LogP contribution in [-0.4, -0.2) is 23.3 Å². The van der Waals surface area contributed by atoms with Crippen molar-refractivity contribution in [3.05, 3.63) is 53.1 Å². The summed E-state index contributed by atoms with van der Waals surface area (Å²) in [7, 11) is 1.54. The second kappa shape index (κ2) is 6.17. The molecule has 0 saturated heterocycles. The Morgan fingerprint density at radius 3 is 2.67 bits per heavy atom. The lowest BCUT2D eigenvalue weighted by atomic mass is 10.1. The molecule has 0 aliphatic carbocycles. The van der Waals surface area contributed by atoms with Crippen molar-refractivity contribution in [3.8, 4) is 11.5 Å². The number of benzene rings is 2. The molecule has 2 aromatic rings. The third-order valence-corrected chi connectivity index (χ3v) is 3.33. The lowest BCUT2D eigenvalue weighted by Gasteiger charge is -2.12. The van der Waals surface area contributed by atoms with Gasteiger partial charge in [0.05, 0.1) is 12.7 Å². The number of carboxylic acids is 1. The molecule has 110 valence electrons. The van der Waals surface area contributed by atoms with Crippen molar-refractivity contribution < 1.29 is 19.7 Å². The first-order valence-electron chi connectivity index (χ1n) is 6.45. The minimum atomic E-state index is -0.955. The minimum absolute atomic E-state index is 0.133. The van der Waals surface area contributed by atoms with Gasteiger partial charge in [-0.25, -0.2) is 4.79 Å². The van der Waals surface area contributed by atoms with Crippen LogP contribution >= 0.6 is 0 Å². The molecule has 0 radical (unpaired) electrons. The van der Waals surface area contributed by atoms with Gasteiger partial charge in [0, 0.05) is 23.9 Å². The zero-order chi connectivity index (χ0) is 15.4. The zero-order valence-electron chi connectivity index (χ0n) is 11.9. The van der Waals surface area contributed by atoms with Crippen LogP contribution in [0.4, 0.5) is 5.69 Å². The summed E-state index contributed by atoms with van der Waals surface area (Å²) in [6.45, 7) is 2.14. The average molecular weight is 287 g/mol. The number of methoxy groups -OCH3 is 1. The number of aromatic carboxylic acids is 1. The first-order valence-corrected chi connectivity index (χ1v) is 6.45. The smallest absolute Gasteiger partial charge is 0.336 e. The summed E-state index contributed by atoms with van der Waals surface area (Å²) in [6.07, 6.45) is 0. The lowest BCUT2D eigenvalue weighted by molar-refractivity contribution is 0.0696. The molecule has 21 heavy (non-hydrogen) atoms. The number of hydrogen-bond donors (Lipinski definition) is 3. The highest BCUT2D eigenvalue weighted by Gasteiger charge is 2.10. The van der Waals surface area contributed by atoms with Crippen LogP contribution in [0, 0.1) is 6.92 Å². The van der Waals surface area contributed by atoms with Gasteiger partial charge in [0.25, 0.3) is 0 Å². The number of phenolic OH excluding ortho intramolecular Hbond substituents is 1. The summed E-state index contributed by atoms with van der Waals surface area (Å²) in [5.41, 5.74) is 2.36. The summed E-state index contributed by atoms with van der Waals surface area (Å²) < 4.78 is 5.03. The van der Waals surface area contributed by atoms with E-state index in [1.165, 1.54) is 13.2 Å². The highest BCUT2D eigenvalue weighted by atomic mass is 16.5. The van der Waals surface area contributed by atoms with E-state index in [1.807, 2.05) is 6.07 Å². The van der Waals surface area contributed by atoms with Crippen LogP contribution in [0.3, 0.4) is 0 Å². The van der Waals surface area contributed by atoms with E-state index < -0.39 is 5.97 Å². The van der Waals surface area contributed by atoms with E-state index in [-0.39, 0.29) is 11.3 Å². The first kappa shape index (κ1) is 14.7. The Morgan fingerprint density at radius 1 is 1.29 bits per heavy atom. The molecule has 0 aliphatic heterocycles. The maximum Gasteiger partial charge on any atom is 0.336 e. The summed E-state index contributed by atoms with van der Waals surface area (Å²) in [6, 6.07) is 10.1. The first-order chi connectivity index (χ1) is 10.0. The molecule has 5 heteroatoms. The number of hydrogen-bond acceptors (Lipinski definition) is 4. The molecule has 0 saturated carbocycles. The Hall–Kier alpha value is -2.69. The Labute approximate surface area is 122 Å². The van der Waals surface area contributed by atoms with E-state index in [2.05, 4.69) is 5.32 Å². The molecule has 2 rings (SSSR count). The van der Waals surface area contributed by atoms with Crippen LogP contribution in [0.15, 0.2) is 36.4 Å². The summed E-state index contributed by atoms with van der Waals surface area (Å²) >= 11 is 0. The number of rotatable bonds is 5. The van der Waals surface area contributed by atoms with Gasteiger partial charge in [0.2, 0.25) is 0 Å². The molecule has 2 aromatic carbocycles. The monoisotopic (exact) mass is 287 g/mol. The second-order valence-corrected chi connectivity index (χ2v) is 4.63. The van der Waals surface area contributed by atoms with Crippen molar-refractivity contribution in [2.24, 2.45) is 0 Å². The molecule has 0 aromatic heterocycles. The van der Waals surface area contributed by atoms with Gasteiger partial charge in [-0.2, -0.15) is 0 Å². The highest BCUT2D eigenvalue weighted by molar-refractivity contribution is 5.91. The molecule has 5 nitrogen and oxygen atoms in total. The van der Waals surface area contributed by atoms with Gasteiger partial charge in [-0.15, -0.1) is 0 Å². The molecule has 0 spiro atoms. The van der Waals surface area contributed by atoms with E-state index in [0.29, 0.717) is 23.4 Å². The number of nitrogens with one attached hydrogen (secondary N) is 1. The van der Waals surface area contributed by atoms with E-state index in [9.17, 15) is 9.90 Å². The third kappa shape index (κ3) is 3.25. The van der Waals surface area contributed by atoms with E-state index in [4.69, 9.17) is 9.84 Å².